The van der Waals surface area contributed by atoms with Gasteiger partial charge in [0.25, 0.3) is 0 Å². The van der Waals surface area contributed by atoms with Crippen molar-refractivity contribution in [3.05, 3.63) is 144 Å². The van der Waals surface area contributed by atoms with Crippen LogP contribution in [0.5, 0.6) is 0 Å². The molecule has 0 amide bonds. The molecule has 1 aromatic heterocycles. The molecule has 0 aliphatic heterocycles. The zero-order valence-electron chi connectivity index (χ0n) is 40.8. The van der Waals surface area contributed by atoms with Crippen molar-refractivity contribution in [2.45, 2.75) is 212 Å². The van der Waals surface area contributed by atoms with Crippen molar-refractivity contribution in [2.24, 2.45) is 17.8 Å². The van der Waals surface area contributed by atoms with E-state index in [1.165, 1.54) is 90.8 Å². The normalized spacial score (nSPS) is 14.7. The van der Waals surface area contributed by atoms with Crippen LogP contribution in [0.15, 0.2) is 127 Å². The van der Waals surface area contributed by atoms with Crippen LogP contribution in [0, 0.1) is 17.8 Å². The SMILES string of the molecule is C=CCC(C/C=C/CCCCCC)CC(CC=C)n1c(=O)n(C(CC=C)CC(CC=C)C/C=C/CCCCCC)c(=O)n(C(CC=C)CC(CC=C)C/C=C/CCCCCC)c1=O. The molecule has 6 unspecified atom stereocenters. The Morgan fingerprint density at radius 1 is 0.349 bits per heavy atom. The van der Waals surface area contributed by atoms with Crippen LogP contribution in [0.1, 0.15) is 212 Å². The fourth-order valence-corrected chi connectivity index (χ4v) is 9.04. The standard InChI is InChI=1S/C57H93N3O3/c1-10-19-22-25-28-31-34-43-49(37-13-4)46-52(40-16-7)58-55(61)59(53(41-17-8)47-50(38-14-5)44-35-32-29-26-23-20-11-2)57(63)60(56(58)62)54(42-18-9)48-51(39-15-6)45-36-33-30-27-24-21-12-3/h13-18,31-36,49-54H,4-12,19-30,37-48H2,1-3H3/b34-31+,35-32+,36-33+. The number of rotatable bonds is 42. The maximum atomic E-state index is 15.2. The van der Waals surface area contributed by atoms with Gasteiger partial charge in [-0.3, -0.25) is 0 Å². The summed E-state index contributed by atoms with van der Waals surface area (Å²) in [6.07, 6.45) is 50.3. The summed E-state index contributed by atoms with van der Waals surface area (Å²) in [7, 11) is 0. The number of allylic oxidation sites excluding steroid dienone is 12. The fraction of sp³-hybridized carbons (Fsp3) is 0.632. The third-order valence-electron chi connectivity index (χ3n) is 12.5. The van der Waals surface area contributed by atoms with E-state index in [0.29, 0.717) is 38.5 Å². The second-order valence-corrected chi connectivity index (χ2v) is 18.0. The molecule has 0 saturated heterocycles. The lowest BCUT2D eigenvalue weighted by Crippen LogP contribution is -2.57. The van der Waals surface area contributed by atoms with E-state index < -0.39 is 35.2 Å². The maximum absolute atomic E-state index is 15.2. The predicted molar refractivity (Wildman–Crippen MR) is 277 cm³/mol. The van der Waals surface area contributed by atoms with Crippen LogP contribution in [0.25, 0.3) is 0 Å². The first-order chi connectivity index (χ1) is 30.7. The molecule has 0 N–H and O–H groups in total. The Kier molecular flexibility index (Phi) is 33.9. The molecule has 0 bridgehead atoms. The molecule has 0 aliphatic rings. The van der Waals surface area contributed by atoms with E-state index >= 15 is 14.4 Å². The molecule has 0 spiro atoms. The highest BCUT2D eigenvalue weighted by Crippen LogP contribution is 2.30. The third kappa shape index (κ3) is 23.0. The van der Waals surface area contributed by atoms with Crippen LogP contribution < -0.4 is 17.1 Å². The highest BCUT2D eigenvalue weighted by molar-refractivity contribution is 4.98. The summed E-state index contributed by atoms with van der Waals surface area (Å²) in [5.41, 5.74) is -1.63. The van der Waals surface area contributed by atoms with Gasteiger partial charge in [-0.05, 0) is 133 Å². The molecule has 6 heteroatoms. The largest absolute Gasteiger partial charge is 0.336 e. The topological polar surface area (TPSA) is 66.0 Å². The Morgan fingerprint density at radius 3 is 0.825 bits per heavy atom. The zero-order valence-corrected chi connectivity index (χ0v) is 40.8. The van der Waals surface area contributed by atoms with Gasteiger partial charge in [0.2, 0.25) is 0 Å². The van der Waals surface area contributed by atoms with Crippen molar-refractivity contribution >= 4 is 0 Å². The average Bonchev–Trinajstić information content (AvgIpc) is 3.25. The van der Waals surface area contributed by atoms with E-state index in [9.17, 15) is 0 Å². The Labute approximate surface area is 386 Å². The van der Waals surface area contributed by atoms with Crippen LogP contribution in [0.4, 0.5) is 0 Å². The Bertz CT molecular complexity index is 1460. The first-order valence-corrected chi connectivity index (χ1v) is 25.3. The lowest BCUT2D eigenvalue weighted by molar-refractivity contribution is 0.266. The summed E-state index contributed by atoms with van der Waals surface area (Å²) in [4.78, 5) is 45.5. The van der Waals surface area contributed by atoms with Gasteiger partial charge in [0.1, 0.15) is 0 Å². The number of hydrogen-bond donors (Lipinski definition) is 0. The van der Waals surface area contributed by atoms with E-state index in [0.717, 1.165) is 57.8 Å². The molecule has 354 valence electrons. The lowest BCUT2D eigenvalue weighted by atomic mass is 9.90. The van der Waals surface area contributed by atoms with Gasteiger partial charge in [-0.15, -0.1) is 39.5 Å². The number of unbranched alkanes of at least 4 members (excludes halogenated alkanes) is 12. The van der Waals surface area contributed by atoms with Gasteiger partial charge in [0, 0.05) is 18.1 Å². The molecule has 0 fully saturated rings. The average molecular weight is 868 g/mol. The quantitative estimate of drug-likeness (QED) is 0.0486. The minimum absolute atomic E-state index is 0.156. The van der Waals surface area contributed by atoms with Crippen LogP contribution >= 0.6 is 0 Å². The molecule has 6 nitrogen and oxygen atoms in total. The summed E-state index contributed by atoms with van der Waals surface area (Å²) in [5.74, 6) is 0.469. The van der Waals surface area contributed by atoms with Gasteiger partial charge in [-0.2, -0.15) is 0 Å². The van der Waals surface area contributed by atoms with E-state index in [-0.39, 0.29) is 17.8 Å². The molecule has 1 heterocycles. The number of hydrogen-bond acceptors (Lipinski definition) is 3. The van der Waals surface area contributed by atoms with Crippen LogP contribution in [0.2, 0.25) is 0 Å². The monoisotopic (exact) mass is 868 g/mol. The minimum atomic E-state index is -0.543. The molecule has 0 saturated carbocycles. The molecule has 6 atom stereocenters. The lowest BCUT2D eigenvalue weighted by Gasteiger charge is -2.30. The van der Waals surface area contributed by atoms with Gasteiger partial charge in [-0.1, -0.05) is 151 Å². The van der Waals surface area contributed by atoms with Crippen LogP contribution in [-0.2, 0) is 0 Å². The van der Waals surface area contributed by atoms with Crippen molar-refractivity contribution in [3.63, 3.8) is 0 Å². The van der Waals surface area contributed by atoms with Crippen molar-refractivity contribution in [3.8, 4) is 0 Å². The smallest absolute Gasteiger partial charge is 0.247 e. The van der Waals surface area contributed by atoms with Gasteiger partial charge >= 0.3 is 17.1 Å². The summed E-state index contributed by atoms with van der Waals surface area (Å²) >= 11 is 0. The summed E-state index contributed by atoms with van der Waals surface area (Å²) in [6, 6.07) is -1.47. The molecule has 63 heavy (non-hydrogen) atoms. The van der Waals surface area contributed by atoms with Gasteiger partial charge in [0.05, 0.1) is 0 Å². The minimum Gasteiger partial charge on any atom is -0.247 e. The van der Waals surface area contributed by atoms with E-state index in [4.69, 9.17) is 0 Å². The predicted octanol–water partition coefficient (Wildman–Crippen LogP) is 16.0. The molecule has 0 radical (unpaired) electrons. The first kappa shape index (κ1) is 57.1. The van der Waals surface area contributed by atoms with Gasteiger partial charge in [0.15, 0.2) is 0 Å². The summed E-state index contributed by atoms with van der Waals surface area (Å²) < 4.78 is 4.24. The molecule has 1 aromatic rings. The Balaban J connectivity index is 4.00. The molecular weight excluding hydrogens is 775 g/mol. The second-order valence-electron chi connectivity index (χ2n) is 18.0. The Hall–Kier alpha value is -3.93. The highest BCUT2D eigenvalue weighted by Gasteiger charge is 2.30. The third-order valence-corrected chi connectivity index (χ3v) is 12.5. The maximum Gasteiger partial charge on any atom is 0.336 e. The van der Waals surface area contributed by atoms with E-state index in [2.05, 4.69) is 96.7 Å². The zero-order chi connectivity index (χ0) is 46.5. The fourth-order valence-electron chi connectivity index (χ4n) is 9.04. The summed E-state index contributed by atoms with van der Waals surface area (Å²) in [5, 5.41) is 0. The van der Waals surface area contributed by atoms with Crippen molar-refractivity contribution in [2.75, 3.05) is 0 Å². The van der Waals surface area contributed by atoms with Crippen molar-refractivity contribution < 1.29 is 0 Å². The number of aromatic nitrogens is 3. The molecule has 1 rings (SSSR count). The number of nitrogens with zero attached hydrogens (tertiary/aromatic N) is 3. The van der Waals surface area contributed by atoms with Gasteiger partial charge in [-0.25, -0.2) is 28.1 Å². The van der Waals surface area contributed by atoms with Crippen LogP contribution in [-0.4, -0.2) is 13.7 Å². The second kappa shape index (κ2) is 37.4. The van der Waals surface area contributed by atoms with Crippen LogP contribution in [0.3, 0.4) is 0 Å². The van der Waals surface area contributed by atoms with E-state index in [1.807, 2.05) is 18.2 Å². The molecule has 0 aliphatic carbocycles. The first-order valence-electron chi connectivity index (χ1n) is 25.3. The summed E-state index contributed by atoms with van der Waals surface area (Å²) in [6.45, 7) is 31.2. The van der Waals surface area contributed by atoms with Crippen molar-refractivity contribution in [1.82, 2.24) is 13.7 Å². The van der Waals surface area contributed by atoms with Gasteiger partial charge < -0.3 is 0 Å². The van der Waals surface area contributed by atoms with Crippen molar-refractivity contribution in [1.29, 1.82) is 0 Å². The Morgan fingerprint density at radius 2 is 0.603 bits per heavy atom. The molecular formula is C57H93N3O3. The highest BCUT2D eigenvalue weighted by atomic mass is 16.2. The van der Waals surface area contributed by atoms with E-state index in [1.54, 1.807) is 18.2 Å². The molecule has 0 aromatic carbocycles.